The Morgan fingerprint density at radius 2 is 0.726 bits per heavy atom. The molecule has 12 rings (SSSR count). The highest BCUT2D eigenvalue weighted by molar-refractivity contribution is 6.31. The summed E-state index contributed by atoms with van der Waals surface area (Å²) in [7, 11) is 0. The van der Waals surface area contributed by atoms with Crippen molar-refractivity contribution in [2.75, 3.05) is 4.90 Å². The minimum absolute atomic E-state index is 0.883. The van der Waals surface area contributed by atoms with Crippen molar-refractivity contribution in [2.24, 2.45) is 0 Å². The molecule has 0 unspecified atom stereocenters. The van der Waals surface area contributed by atoms with Gasteiger partial charge >= 0.3 is 0 Å². The van der Waals surface area contributed by atoms with E-state index >= 15 is 0 Å². The number of hydrogen-bond donors (Lipinski definition) is 0. The topological polar surface area (TPSA) is 16.4 Å². The number of anilines is 3. The first-order valence-electron chi connectivity index (χ1n) is 21.3. The highest BCUT2D eigenvalue weighted by Crippen LogP contribution is 2.48. The van der Waals surface area contributed by atoms with Gasteiger partial charge in [0.1, 0.15) is 11.2 Å². The Labute approximate surface area is 360 Å². The fourth-order valence-electron chi connectivity index (χ4n) is 9.54. The molecule has 0 aliphatic heterocycles. The van der Waals surface area contributed by atoms with Crippen LogP contribution in [0.4, 0.5) is 17.1 Å². The summed E-state index contributed by atoms with van der Waals surface area (Å²) in [6.45, 7) is 0. The second-order valence-corrected chi connectivity index (χ2v) is 16.0. The van der Waals surface area contributed by atoms with Crippen LogP contribution in [0.2, 0.25) is 0 Å². The van der Waals surface area contributed by atoms with Gasteiger partial charge in [-0.3, -0.25) is 0 Å². The molecule has 0 spiro atoms. The normalized spacial score (nSPS) is 11.5. The summed E-state index contributed by atoms with van der Waals surface area (Å²) in [6, 6.07) is 85.3. The van der Waals surface area contributed by atoms with Crippen molar-refractivity contribution in [3.05, 3.63) is 237 Å². The molecular formula is C60H39NO. The van der Waals surface area contributed by atoms with Crippen LogP contribution >= 0.6 is 0 Å². The third kappa shape index (κ3) is 5.96. The van der Waals surface area contributed by atoms with E-state index in [1.165, 1.54) is 49.4 Å². The molecule has 62 heavy (non-hydrogen) atoms. The first kappa shape index (κ1) is 35.7. The van der Waals surface area contributed by atoms with Gasteiger partial charge in [0.2, 0.25) is 0 Å². The van der Waals surface area contributed by atoms with E-state index in [4.69, 9.17) is 4.42 Å². The number of rotatable bonds is 7. The summed E-state index contributed by atoms with van der Waals surface area (Å²) >= 11 is 0. The lowest BCUT2D eigenvalue weighted by molar-refractivity contribution is 0.673. The van der Waals surface area contributed by atoms with Crippen LogP contribution in [0.15, 0.2) is 241 Å². The smallest absolute Gasteiger partial charge is 0.143 e. The van der Waals surface area contributed by atoms with Crippen molar-refractivity contribution >= 4 is 71.3 Å². The molecule has 2 nitrogen and oxygen atoms in total. The zero-order valence-electron chi connectivity index (χ0n) is 33.9. The Kier molecular flexibility index (Phi) is 8.53. The third-order valence-corrected chi connectivity index (χ3v) is 12.5. The summed E-state index contributed by atoms with van der Waals surface area (Å²) in [6.07, 6.45) is 0. The molecule has 0 bridgehead atoms. The van der Waals surface area contributed by atoms with Gasteiger partial charge in [-0.1, -0.05) is 194 Å². The zero-order chi connectivity index (χ0) is 41.0. The predicted molar refractivity (Wildman–Crippen MR) is 263 cm³/mol. The molecule has 0 saturated heterocycles. The highest BCUT2D eigenvalue weighted by Gasteiger charge is 2.22. The molecule has 1 heterocycles. The van der Waals surface area contributed by atoms with E-state index in [0.29, 0.717) is 0 Å². The van der Waals surface area contributed by atoms with Gasteiger partial charge < -0.3 is 9.32 Å². The number of hydrogen-bond acceptors (Lipinski definition) is 2. The zero-order valence-corrected chi connectivity index (χ0v) is 33.9. The third-order valence-electron chi connectivity index (χ3n) is 12.5. The summed E-state index contributed by atoms with van der Waals surface area (Å²) in [4.78, 5) is 2.40. The van der Waals surface area contributed by atoms with Crippen molar-refractivity contribution in [1.82, 2.24) is 0 Å². The van der Waals surface area contributed by atoms with Crippen LogP contribution < -0.4 is 4.90 Å². The van der Waals surface area contributed by atoms with E-state index in [-0.39, 0.29) is 0 Å². The maximum absolute atomic E-state index is 6.93. The molecule has 0 N–H and O–H groups in total. The van der Waals surface area contributed by atoms with E-state index in [9.17, 15) is 0 Å². The molecule has 0 aliphatic rings. The van der Waals surface area contributed by atoms with E-state index in [1.54, 1.807) is 0 Å². The molecule has 0 saturated carbocycles. The molecule has 0 amide bonds. The molecule has 0 atom stereocenters. The summed E-state index contributed by atoms with van der Waals surface area (Å²) in [5, 5.41) is 9.37. The van der Waals surface area contributed by atoms with Gasteiger partial charge in [0.25, 0.3) is 0 Å². The van der Waals surface area contributed by atoms with E-state index in [1.807, 2.05) is 0 Å². The Morgan fingerprint density at radius 1 is 0.274 bits per heavy atom. The minimum Gasteiger partial charge on any atom is -0.455 e. The monoisotopic (exact) mass is 789 g/mol. The Morgan fingerprint density at radius 3 is 1.31 bits per heavy atom. The van der Waals surface area contributed by atoms with Crippen molar-refractivity contribution in [2.45, 2.75) is 0 Å². The Hall–Kier alpha value is -8.20. The average Bonchev–Trinajstić information content (AvgIpc) is 3.74. The molecule has 1 aromatic heterocycles. The lowest BCUT2D eigenvalue weighted by Crippen LogP contribution is -2.10. The van der Waals surface area contributed by atoms with Gasteiger partial charge in [-0.2, -0.15) is 0 Å². The number of furan rings is 1. The lowest BCUT2D eigenvalue weighted by atomic mass is 9.88. The van der Waals surface area contributed by atoms with Gasteiger partial charge in [0.15, 0.2) is 0 Å². The van der Waals surface area contributed by atoms with Crippen LogP contribution in [0.5, 0.6) is 0 Å². The summed E-state index contributed by atoms with van der Waals surface area (Å²) < 4.78 is 6.93. The van der Waals surface area contributed by atoms with Crippen molar-refractivity contribution in [3.8, 4) is 44.5 Å². The maximum Gasteiger partial charge on any atom is 0.143 e. The van der Waals surface area contributed by atoms with Gasteiger partial charge in [-0.05, 0) is 109 Å². The Balaban J connectivity index is 1.09. The van der Waals surface area contributed by atoms with E-state index in [0.717, 1.165) is 66.5 Å². The molecule has 0 radical (unpaired) electrons. The average molecular weight is 790 g/mol. The molecular weight excluding hydrogens is 751 g/mol. The molecule has 12 aromatic rings. The van der Waals surface area contributed by atoms with Crippen LogP contribution in [0.25, 0.3) is 98.8 Å². The van der Waals surface area contributed by atoms with Gasteiger partial charge in [-0.25, -0.2) is 0 Å². The number of fused-ring (bicyclic) bond motifs is 9. The van der Waals surface area contributed by atoms with Gasteiger partial charge in [0.05, 0.1) is 5.69 Å². The van der Waals surface area contributed by atoms with Crippen LogP contribution in [0.3, 0.4) is 0 Å². The van der Waals surface area contributed by atoms with E-state index < -0.39 is 0 Å². The van der Waals surface area contributed by atoms with E-state index in [2.05, 4.69) is 241 Å². The number of nitrogens with zero attached hydrogens (tertiary/aromatic N) is 1. The fourth-order valence-corrected chi connectivity index (χ4v) is 9.54. The second-order valence-electron chi connectivity index (χ2n) is 16.0. The first-order chi connectivity index (χ1) is 30.8. The van der Waals surface area contributed by atoms with Crippen molar-refractivity contribution in [3.63, 3.8) is 0 Å². The fraction of sp³-hybridized carbons (Fsp3) is 0. The SMILES string of the molecule is c1ccc(-c2ccc(N(c3ccc(-c4ccccc4)cc3)c3ccc(-c4cc5c(cc4-c4ccccc4)oc4c6ccccc6c6ccccc6c54)c4ccccc34)cc2)cc1. The number of benzene rings is 11. The largest absolute Gasteiger partial charge is 0.455 e. The van der Waals surface area contributed by atoms with Gasteiger partial charge in [0, 0.05) is 32.9 Å². The lowest BCUT2D eigenvalue weighted by Gasteiger charge is -2.28. The second kappa shape index (κ2) is 14.8. The summed E-state index contributed by atoms with van der Waals surface area (Å²) in [5.74, 6) is 0. The Bertz CT molecular complexity index is 3510. The van der Waals surface area contributed by atoms with Crippen LogP contribution in [-0.2, 0) is 0 Å². The van der Waals surface area contributed by atoms with Gasteiger partial charge in [-0.15, -0.1) is 0 Å². The van der Waals surface area contributed by atoms with Crippen LogP contribution in [0, 0.1) is 0 Å². The minimum atomic E-state index is 0.883. The summed E-state index contributed by atoms with van der Waals surface area (Å²) in [5.41, 5.74) is 14.5. The molecule has 0 fully saturated rings. The van der Waals surface area contributed by atoms with Crippen LogP contribution in [0.1, 0.15) is 0 Å². The first-order valence-corrected chi connectivity index (χ1v) is 21.3. The van der Waals surface area contributed by atoms with Crippen molar-refractivity contribution in [1.29, 1.82) is 0 Å². The van der Waals surface area contributed by atoms with Crippen LogP contribution in [-0.4, -0.2) is 0 Å². The standard InChI is InChI=1S/C60H39NO/c1-4-16-40(17-5-1)42-28-32-45(33-29-42)61(46-34-30-43(31-35-46)41-18-6-2-7-19-41)57-37-36-50(47-22-10-13-25-51(47)57)55-38-56-58(39-54(55)44-20-8-3-9-21-44)62-60-53-27-15-12-24-49(53)48-23-11-14-26-52(48)59(56)60/h1-39H. The van der Waals surface area contributed by atoms with Crippen molar-refractivity contribution < 1.29 is 4.42 Å². The molecule has 0 aliphatic carbocycles. The molecule has 290 valence electrons. The maximum atomic E-state index is 6.93. The quantitative estimate of drug-likeness (QED) is 0.150. The predicted octanol–water partition coefficient (Wildman–Crippen LogP) is 17.2. The highest BCUT2D eigenvalue weighted by atomic mass is 16.3. The molecule has 11 aromatic carbocycles. The molecule has 2 heteroatoms.